The van der Waals surface area contributed by atoms with Gasteiger partial charge < -0.3 is 34.6 Å². The summed E-state index contributed by atoms with van der Waals surface area (Å²) in [6, 6.07) is 0. The third-order valence-corrected chi connectivity index (χ3v) is 8.91. The maximum absolute atomic E-state index is 12.1. The molecule has 1 saturated heterocycles. The lowest BCUT2D eigenvalue weighted by Gasteiger charge is -2.36. The van der Waals surface area contributed by atoms with E-state index in [9.17, 15) is 30.0 Å². The molecule has 0 aliphatic carbocycles. The standard InChI is InChI=1S/C39H70O9/c1-4-5-16-22-32(40)26-27-36-34(35(42)28-39(45)48-36)23-18-14-15-20-25-38(44)47-30-33(41)29-46-37(43)24-19-13-11-9-7-6-8-10-12-17-21-31(2)3/h14,18,26-27,31-36,39-42,45H,4-13,15-17,19-25,28-30H2,1-3H3/b18-14-,27-26+/t32-,33+,34-,35-,36+,39?/m0/s1. The fourth-order valence-electron chi connectivity index (χ4n) is 5.90. The average Bonchev–Trinajstić information content (AvgIpc) is 3.04. The van der Waals surface area contributed by atoms with Crippen LogP contribution in [-0.2, 0) is 23.8 Å². The zero-order valence-electron chi connectivity index (χ0n) is 30.4. The van der Waals surface area contributed by atoms with Gasteiger partial charge in [-0.15, -0.1) is 0 Å². The zero-order chi connectivity index (χ0) is 35.4. The number of aliphatic hydroxyl groups excluding tert-OH is 4. The van der Waals surface area contributed by atoms with E-state index in [2.05, 4.69) is 20.8 Å². The Labute approximate surface area is 291 Å². The SMILES string of the molecule is CCCCC[C@H](O)/C=C/[C@H]1OC(O)C[C@H](O)[C@@H]1C/C=C\CCCC(=O)OC[C@H](O)COC(=O)CCCCCCCCCCCCC(C)C. The maximum Gasteiger partial charge on any atom is 0.305 e. The van der Waals surface area contributed by atoms with Gasteiger partial charge in [0, 0.05) is 25.2 Å². The summed E-state index contributed by atoms with van der Waals surface area (Å²) < 4.78 is 15.9. The number of hydrogen-bond acceptors (Lipinski definition) is 9. The van der Waals surface area contributed by atoms with E-state index >= 15 is 0 Å². The van der Waals surface area contributed by atoms with Crippen LogP contribution in [0.5, 0.6) is 0 Å². The molecule has 1 heterocycles. The Hall–Kier alpha value is -1.78. The van der Waals surface area contributed by atoms with Gasteiger partial charge in [-0.1, -0.05) is 129 Å². The van der Waals surface area contributed by atoms with Crippen molar-refractivity contribution in [2.24, 2.45) is 11.8 Å². The van der Waals surface area contributed by atoms with Crippen LogP contribution < -0.4 is 0 Å². The molecule has 1 rings (SSSR count). The third-order valence-electron chi connectivity index (χ3n) is 8.91. The molecule has 0 amide bonds. The molecule has 48 heavy (non-hydrogen) atoms. The molecule has 9 heteroatoms. The summed E-state index contributed by atoms with van der Waals surface area (Å²) in [5.41, 5.74) is 0. The van der Waals surface area contributed by atoms with Crippen LogP contribution in [0, 0.1) is 11.8 Å². The molecular formula is C39H70O9. The van der Waals surface area contributed by atoms with Gasteiger partial charge in [0.05, 0.1) is 18.3 Å². The van der Waals surface area contributed by atoms with Crippen LogP contribution in [0.3, 0.4) is 0 Å². The molecule has 0 aromatic heterocycles. The Bertz CT molecular complexity index is 858. The number of unbranched alkanes of at least 4 members (excludes halogenated alkanes) is 12. The molecular weight excluding hydrogens is 612 g/mol. The molecule has 1 unspecified atom stereocenters. The Morgan fingerprint density at radius 3 is 1.94 bits per heavy atom. The van der Waals surface area contributed by atoms with Gasteiger partial charge in [-0.2, -0.15) is 0 Å². The molecule has 1 aliphatic heterocycles. The lowest BCUT2D eigenvalue weighted by molar-refractivity contribution is -0.199. The Balaban J connectivity index is 2.11. The first kappa shape index (κ1) is 44.2. The average molecular weight is 683 g/mol. The number of allylic oxidation sites excluding steroid dienone is 2. The van der Waals surface area contributed by atoms with E-state index in [-0.39, 0.29) is 37.9 Å². The van der Waals surface area contributed by atoms with Crippen molar-refractivity contribution in [1.82, 2.24) is 0 Å². The van der Waals surface area contributed by atoms with Gasteiger partial charge in [0.25, 0.3) is 0 Å². The normalized spacial score (nSPS) is 21.2. The van der Waals surface area contributed by atoms with Crippen LogP contribution in [0.15, 0.2) is 24.3 Å². The molecule has 4 N–H and O–H groups in total. The van der Waals surface area contributed by atoms with Crippen molar-refractivity contribution in [2.75, 3.05) is 13.2 Å². The van der Waals surface area contributed by atoms with Crippen molar-refractivity contribution in [2.45, 2.75) is 186 Å². The predicted octanol–water partition coefficient (Wildman–Crippen LogP) is 7.47. The van der Waals surface area contributed by atoms with Crippen molar-refractivity contribution in [3.63, 3.8) is 0 Å². The van der Waals surface area contributed by atoms with Crippen LogP contribution in [0.4, 0.5) is 0 Å². The van der Waals surface area contributed by atoms with Crippen LogP contribution in [0.2, 0.25) is 0 Å². The number of carbonyl (C=O) groups excluding carboxylic acids is 2. The molecule has 6 atom stereocenters. The second kappa shape index (κ2) is 29.0. The van der Waals surface area contributed by atoms with Gasteiger partial charge in [-0.25, -0.2) is 0 Å². The lowest BCUT2D eigenvalue weighted by atomic mass is 9.87. The first-order valence-corrected chi connectivity index (χ1v) is 19.1. The largest absolute Gasteiger partial charge is 0.463 e. The molecule has 0 saturated carbocycles. The fraction of sp³-hybridized carbons (Fsp3) is 0.846. The minimum atomic E-state index is -1.05. The van der Waals surface area contributed by atoms with Crippen LogP contribution in [0.25, 0.3) is 0 Å². The summed E-state index contributed by atoms with van der Waals surface area (Å²) in [5, 5.41) is 40.7. The highest BCUT2D eigenvalue weighted by molar-refractivity contribution is 5.69. The number of aliphatic hydroxyl groups is 4. The van der Waals surface area contributed by atoms with Crippen molar-refractivity contribution < 1.29 is 44.2 Å². The second-order valence-corrected chi connectivity index (χ2v) is 14.1. The molecule has 0 spiro atoms. The van der Waals surface area contributed by atoms with Crippen LogP contribution in [0.1, 0.15) is 156 Å². The number of hydrogen-bond donors (Lipinski definition) is 4. The van der Waals surface area contributed by atoms with Gasteiger partial charge in [0.1, 0.15) is 19.3 Å². The summed E-state index contributed by atoms with van der Waals surface area (Å²) in [6.45, 7) is 6.27. The highest BCUT2D eigenvalue weighted by Crippen LogP contribution is 2.29. The molecule has 1 aliphatic rings. The monoisotopic (exact) mass is 683 g/mol. The number of rotatable bonds is 29. The van der Waals surface area contributed by atoms with Gasteiger partial charge >= 0.3 is 11.9 Å². The van der Waals surface area contributed by atoms with Gasteiger partial charge in [-0.05, 0) is 38.0 Å². The molecule has 0 aromatic carbocycles. The van der Waals surface area contributed by atoms with Crippen molar-refractivity contribution in [1.29, 1.82) is 0 Å². The quantitative estimate of drug-likeness (QED) is 0.0359. The summed E-state index contributed by atoms with van der Waals surface area (Å²) in [7, 11) is 0. The number of esters is 2. The topological polar surface area (TPSA) is 143 Å². The first-order valence-electron chi connectivity index (χ1n) is 19.1. The lowest BCUT2D eigenvalue weighted by Crippen LogP contribution is -2.43. The smallest absolute Gasteiger partial charge is 0.305 e. The number of carbonyl (C=O) groups is 2. The van der Waals surface area contributed by atoms with E-state index in [4.69, 9.17) is 14.2 Å². The van der Waals surface area contributed by atoms with E-state index in [1.807, 2.05) is 12.2 Å². The van der Waals surface area contributed by atoms with E-state index in [0.29, 0.717) is 32.1 Å². The van der Waals surface area contributed by atoms with Gasteiger partial charge in [-0.3, -0.25) is 9.59 Å². The zero-order valence-corrected chi connectivity index (χ0v) is 30.4. The maximum atomic E-state index is 12.1. The van der Waals surface area contributed by atoms with Crippen molar-refractivity contribution >= 4 is 11.9 Å². The molecule has 0 aromatic rings. The van der Waals surface area contributed by atoms with Crippen molar-refractivity contribution in [3.05, 3.63) is 24.3 Å². The van der Waals surface area contributed by atoms with E-state index in [0.717, 1.165) is 44.4 Å². The molecule has 9 nitrogen and oxygen atoms in total. The molecule has 0 radical (unpaired) electrons. The second-order valence-electron chi connectivity index (χ2n) is 14.1. The Morgan fingerprint density at radius 2 is 1.33 bits per heavy atom. The first-order chi connectivity index (χ1) is 23.1. The molecule has 1 fully saturated rings. The predicted molar refractivity (Wildman–Crippen MR) is 190 cm³/mol. The highest BCUT2D eigenvalue weighted by atomic mass is 16.6. The minimum Gasteiger partial charge on any atom is -0.463 e. The van der Waals surface area contributed by atoms with E-state index < -0.39 is 36.7 Å². The number of ether oxygens (including phenoxy) is 3. The summed E-state index contributed by atoms with van der Waals surface area (Å²) in [5.74, 6) is -0.200. The van der Waals surface area contributed by atoms with Crippen molar-refractivity contribution in [3.8, 4) is 0 Å². The van der Waals surface area contributed by atoms with Crippen LogP contribution in [-0.4, -0.2) is 76.3 Å². The van der Waals surface area contributed by atoms with Gasteiger partial charge in [0.2, 0.25) is 0 Å². The Kier molecular flexibility index (Phi) is 26.7. The summed E-state index contributed by atoms with van der Waals surface area (Å²) in [6.07, 6.45) is 22.9. The van der Waals surface area contributed by atoms with Crippen LogP contribution >= 0.6 is 0 Å². The third kappa shape index (κ3) is 24.4. The fourth-order valence-corrected chi connectivity index (χ4v) is 5.90. The van der Waals surface area contributed by atoms with E-state index in [1.54, 1.807) is 12.2 Å². The highest BCUT2D eigenvalue weighted by Gasteiger charge is 2.35. The van der Waals surface area contributed by atoms with E-state index in [1.165, 1.54) is 51.4 Å². The summed E-state index contributed by atoms with van der Waals surface area (Å²) >= 11 is 0. The summed E-state index contributed by atoms with van der Waals surface area (Å²) in [4.78, 5) is 24.1. The molecule has 0 bridgehead atoms. The Morgan fingerprint density at radius 1 is 0.771 bits per heavy atom. The minimum absolute atomic E-state index is 0.137. The van der Waals surface area contributed by atoms with Gasteiger partial charge in [0.15, 0.2) is 6.29 Å². The molecule has 280 valence electrons.